The topological polar surface area (TPSA) is 87.1 Å². The Labute approximate surface area is 220 Å². The quantitative estimate of drug-likeness (QED) is 0.225. The highest BCUT2D eigenvalue weighted by atomic mass is 32.2. The SMILES string of the molecule is C=CCCCCOC(=O)[C@H]1[C@H]2C(=O)N(CCCCO)C(C(=O)N(CC=C)C(C)(C)C)C23CC[C@]1(C)S3. The van der Waals surface area contributed by atoms with Gasteiger partial charge in [-0.15, -0.1) is 24.9 Å². The fraction of sp³-hybridized carbons (Fsp3) is 0.750. The van der Waals surface area contributed by atoms with E-state index in [9.17, 15) is 19.5 Å². The number of amides is 2. The summed E-state index contributed by atoms with van der Waals surface area (Å²) < 4.78 is 4.63. The molecule has 1 spiro atoms. The largest absolute Gasteiger partial charge is 0.465 e. The van der Waals surface area contributed by atoms with Crippen LogP contribution in [0.3, 0.4) is 0 Å². The molecule has 0 aromatic carbocycles. The third-order valence-electron chi connectivity index (χ3n) is 8.01. The lowest BCUT2D eigenvalue weighted by Crippen LogP contribution is -2.58. The predicted molar refractivity (Wildman–Crippen MR) is 143 cm³/mol. The van der Waals surface area contributed by atoms with Gasteiger partial charge in [-0.25, -0.2) is 0 Å². The number of ether oxygens (including phenoxy) is 1. The van der Waals surface area contributed by atoms with E-state index in [1.54, 1.807) is 27.6 Å². The number of fused-ring (bicyclic) bond motifs is 1. The first-order valence-corrected chi connectivity index (χ1v) is 14.1. The van der Waals surface area contributed by atoms with Crippen LogP contribution >= 0.6 is 11.8 Å². The van der Waals surface area contributed by atoms with Gasteiger partial charge in [0.1, 0.15) is 6.04 Å². The average molecular weight is 521 g/mol. The number of rotatable bonds is 13. The van der Waals surface area contributed by atoms with Crippen molar-refractivity contribution in [1.82, 2.24) is 9.80 Å². The van der Waals surface area contributed by atoms with Gasteiger partial charge in [-0.05, 0) is 72.6 Å². The molecule has 3 fully saturated rings. The maximum Gasteiger partial charge on any atom is 0.311 e. The normalized spacial score (nSPS) is 30.9. The second-order valence-corrected chi connectivity index (χ2v) is 13.4. The van der Waals surface area contributed by atoms with E-state index in [2.05, 4.69) is 20.1 Å². The van der Waals surface area contributed by atoms with Crippen molar-refractivity contribution in [2.45, 2.75) is 93.7 Å². The molecule has 3 saturated heterocycles. The van der Waals surface area contributed by atoms with Gasteiger partial charge in [-0.1, -0.05) is 12.2 Å². The first-order chi connectivity index (χ1) is 17.0. The van der Waals surface area contributed by atoms with Crippen molar-refractivity contribution in [3.8, 4) is 0 Å². The summed E-state index contributed by atoms with van der Waals surface area (Å²) in [6, 6.07) is -0.648. The molecule has 2 unspecified atom stereocenters. The Balaban J connectivity index is 1.95. The van der Waals surface area contributed by atoms with Gasteiger partial charge >= 0.3 is 5.97 Å². The van der Waals surface area contributed by atoms with E-state index in [1.807, 2.05) is 26.8 Å². The summed E-state index contributed by atoms with van der Waals surface area (Å²) in [5.74, 6) is -1.66. The zero-order valence-electron chi connectivity index (χ0n) is 22.5. The van der Waals surface area contributed by atoms with Gasteiger partial charge in [-0.3, -0.25) is 14.4 Å². The lowest BCUT2D eigenvalue weighted by Gasteiger charge is -2.42. The fourth-order valence-corrected chi connectivity index (χ4v) is 8.66. The Morgan fingerprint density at radius 3 is 2.53 bits per heavy atom. The molecule has 8 heteroatoms. The first-order valence-electron chi connectivity index (χ1n) is 13.3. The molecule has 3 aliphatic rings. The average Bonchev–Trinajstić information content (AvgIpc) is 3.37. The molecule has 36 heavy (non-hydrogen) atoms. The highest BCUT2D eigenvalue weighted by Gasteiger charge is 2.77. The molecule has 3 rings (SSSR count). The summed E-state index contributed by atoms with van der Waals surface area (Å²) in [4.78, 5) is 45.2. The van der Waals surface area contributed by atoms with E-state index in [0.29, 0.717) is 39.0 Å². The molecule has 5 atom stereocenters. The number of carbonyl (C=O) groups is 3. The zero-order valence-corrected chi connectivity index (χ0v) is 23.3. The van der Waals surface area contributed by atoms with Gasteiger partial charge in [0.15, 0.2) is 0 Å². The van der Waals surface area contributed by atoms with Crippen molar-refractivity contribution >= 4 is 29.5 Å². The van der Waals surface area contributed by atoms with Crippen LogP contribution in [0.5, 0.6) is 0 Å². The predicted octanol–water partition coefficient (Wildman–Crippen LogP) is 3.95. The Bertz CT molecular complexity index is 870. The first kappa shape index (κ1) is 28.8. The van der Waals surface area contributed by atoms with E-state index in [1.165, 1.54) is 0 Å². The van der Waals surface area contributed by atoms with Crippen molar-refractivity contribution in [1.29, 1.82) is 0 Å². The Morgan fingerprint density at radius 1 is 1.19 bits per heavy atom. The number of aliphatic hydroxyl groups is 1. The lowest BCUT2D eigenvalue weighted by molar-refractivity contribution is -0.155. The van der Waals surface area contributed by atoms with Crippen LogP contribution in [-0.2, 0) is 19.1 Å². The van der Waals surface area contributed by atoms with Crippen molar-refractivity contribution in [3.05, 3.63) is 25.3 Å². The van der Waals surface area contributed by atoms with Crippen molar-refractivity contribution in [3.63, 3.8) is 0 Å². The summed E-state index contributed by atoms with van der Waals surface area (Å²) in [6.45, 7) is 16.7. The van der Waals surface area contributed by atoms with Crippen LogP contribution in [0.2, 0.25) is 0 Å². The van der Waals surface area contributed by atoms with E-state index in [4.69, 9.17) is 4.74 Å². The van der Waals surface area contributed by atoms with Gasteiger partial charge in [0, 0.05) is 30.0 Å². The van der Waals surface area contributed by atoms with Crippen LogP contribution in [0.25, 0.3) is 0 Å². The van der Waals surface area contributed by atoms with Gasteiger partial charge in [0.2, 0.25) is 11.8 Å². The van der Waals surface area contributed by atoms with Gasteiger partial charge in [0.25, 0.3) is 0 Å². The maximum absolute atomic E-state index is 14.2. The van der Waals surface area contributed by atoms with Crippen LogP contribution in [0, 0.1) is 11.8 Å². The molecule has 2 amide bonds. The number of allylic oxidation sites excluding steroid dienone is 1. The third-order valence-corrected chi connectivity index (χ3v) is 9.99. The highest BCUT2D eigenvalue weighted by Crippen LogP contribution is 2.71. The number of hydrogen-bond donors (Lipinski definition) is 1. The van der Waals surface area contributed by atoms with Crippen LogP contribution < -0.4 is 0 Å². The summed E-state index contributed by atoms with van der Waals surface area (Å²) in [5, 5.41) is 9.34. The van der Waals surface area contributed by atoms with E-state index >= 15 is 0 Å². The second kappa shape index (κ2) is 11.3. The van der Waals surface area contributed by atoms with Crippen LogP contribution in [0.1, 0.15) is 72.6 Å². The minimum Gasteiger partial charge on any atom is -0.465 e. The van der Waals surface area contributed by atoms with Crippen LogP contribution in [0.15, 0.2) is 25.3 Å². The zero-order chi connectivity index (χ0) is 26.7. The number of nitrogens with zero attached hydrogens (tertiary/aromatic N) is 2. The molecule has 0 saturated carbocycles. The van der Waals surface area contributed by atoms with Crippen molar-refractivity contribution in [2.24, 2.45) is 11.8 Å². The van der Waals surface area contributed by atoms with E-state index in [0.717, 1.165) is 25.7 Å². The number of aliphatic hydroxyl groups excluding tert-OH is 1. The molecule has 3 heterocycles. The number of thioether (sulfide) groups is 1. The molecular formula is C28H44N2O5S. The molecule has 0 radical (unpaired) electrons. The molecule has 3 aliphatic heterocycles. The maximum atomic E-state index is 14.2. The molecule has 202 valence electrons. The lowest BCUT2D eigenvalue weighted by atomic mass is 9.66. The third kappa shape index (κ3) is 5.13. The van der Waals surface area contributed by atoms with Crippen molar-refractivity contribution < 1.29 is 24.2 Å². The van der Waals surface area contributed by atoms with E-state index < -0.39 is 32.9 Å². The van der Waals surface area contributed by atoms with Gasteiger partial charge in [-0.2, -0.15) is 0 Å². The molecule has 2 bridgehead atoms. The molecule has 1 N–H and O–H groups in total. The standard InChI is InChI=1S/C28H44N2O5S/c1-7-9-10-13-19-35-25(34)21-20-23(32)29(17-11-12-18-31)22(28(20)15-14-27(21,6)36-28)24(33)30(16-8-2)26(3,4)5/h7-8,20-22,31H,1-2,9-19H2,3-6H3/t20-,21+,22?,27-,28?/m0/s1. The van der Waals surface area contributed by atoms with Gasteiger partial charge < -0.3 is 19.6 Å². The Kier molecular flexibility index (Phi) is 9.03. The minimum absolute atomic E-state index is 0.0351. The number of carbonyl (C=O) groups excluding carboxylic acids is 3. The van der Waals surface area contributed by atoms with Crippen molar-refractivity contribution in [2.75, 3.05) is 26.3 Å². The molecule has 0 aromatic rings. The monoisotopic (exact) mass is 520 g/mol. The van der Waals surface area contributed by atoms with Crippen LogP contribution in [0.4, 0.5) is 0 Å². The summed E-state index contributed by atoms with van der Waals surface area (Å²) >= 11 is 1.67. The fourth-order valence-electron chi connectivity index (χ4n) is 6.32. The Hall–Kier alpha value is -1.80. The molecule has 0 aromatic heterocycles. The molecular weight excluding hydrogens is 476 g/mol. The smallest absolute Gasteiger partial charge is 0.311 e. The highest BCUT2D eigenvalue weighted by molar-refractivity contribution is 8.02. The summed E-state index contributed by atoms with van der Waals surface area (Å²) in [7, 11) is 0. The Morgan fingerprint density at radius 2 is 1.92 bits per heavy atom. The number of esters is 1. The number of hydrogen-bond acceptors (Lipinski definition) is 6. The summed E-state index contributed by atoms with van der Waals surface area (Å²) in [6.07, 6.45) is 8.75. The number of likely N-dealkylation sites (tertiary alicyclic amines) is 1. The number of unbranched alkanes of at least 4 members (excludes halogenated alkanes) is 3. The van der Waals surface area contributed by atoms with E-state index in [-0.39, 0.29) is 24.4 Å². The van der Waals surface area contributed by atoms with Crippen LogP contribution in [-0.4, -0.2) is 80.1 Å². The second-order valence-electron chi connectivity index (χ2n) is 11.6. The molecule has 7 nitrogen and oxygen atoms in total. The van der Waals surface area contributed by atoms with Gasteiger partial charge in [0.05, 0.1) is 23.2 Å². The summed E-state index contributed by atoms with van der Waals surface area (Å²) in [5.41, 5.74) is -0.450. The minimum atomic E-state index is -0.653. The molecule has 0 aliphatic carbocycles.